The Morgan fingerprint density at radius 2 is 1.73 bits per heavy atom. The first-order valence-corrected chi connectivity index (χ1v) is 3.20. The summed E-state index contributed by atoms with van der Waals surface area (Å²) in [5, 5.41) is 17.7. The maximum atomic E-state index is 8.68. The van der Waals surface area contributed by atoms with E-state index in [-0.39, 0.29) is 29.6 Å². The van der Waals surface area contributed by atoms with Gasteiger partial charge in [-0.15, -0.1) is 0 Å². The molecule has 0 amide bonds. The molecule has 2 nitrogen and oxygen atoms in total. The van der Waals surface area contributed by atoms with Crippen LogP contribution in [0.3, 0.4) is 0 Å². The van der Waals surface area contributed by atoms with Crippen LogP contribution in [0.2, 0.25) is 5.02 Å². The Bertz CT molecular complexity index is 232. The van der Waals surface area contributed by atoms with Crippen LogP contribution >= 0.6 is 11.6 Å². The van der Waals surface area contributed by atoms with Gasteiger partial charge in [-0.25, -0.2) is 0 Å². The van der Waals surface area contributed by atoms with Crippen molar-refractivity contribution < 1.29 is 10.0 Å². The van der Waals surface area contributed by atoms with E-state index in [4.69, 9.17) is 21.6 Å². The molecule has 0 spiro atoms. The van der Waals surface area contributed by atoms with E-state index in [9.17, 15) is 0 Å². The molecule has 0 aliphatic carbocycles. The minimum atomic E-state index is -1.48. The van der Waals surface area contributed by atoms with Crippen molar-refractivity contribution in [2.45, 2.75) is 0 Å². The summed E-state index contributed by atoms with van der Waals surface area (Å²) < 4.78 is 0. The zero-order valence-electron chi connectivity index (χ0n) is 5.16. The molecule has 0 unspecified atom stereocenters. The van der Waals surface area contributed by atoms with Crippen molar-refractivity contribution in [2.75, 3.05) is 0 Å². The maximum absolute atomic E-state index is 8.68. The summed E-state index contributed by atoms with van der Waals surface area (Å²) in [6.45, 7) is 0. The number of hydrogen-bond donors (Lipinski definition) is 2. The standard InChI is InChI=1S/C6H6BClO2.Na.H/c8-6-4-2-1-3-5(6)7(9)10;;/h1-4,9-10H;;. The molecule has 0 radical (unpaired) electrons. The van der Waals surface area contributed by atoms with Crippen molar-refractivity contribution in [1.82, 2.24) is 0 Å². The van der Waals surface area contributed by atoms with Crippen molar-refractivity contribution in [3.63, 3.8) is 0 Å². The first-order chi connectivity index (χ1) is 4.72. The fourth-order valence-electron chi connectivity index (χ4n) is 0.684. The molecule has 0 saturated heterocycles. The molecule has 11 heavy (non-hydrogen) atoms. The van der Waals surface area contributed by atoms with E-state index in [0.717, 1.165) is 0 Å². The quantitative estimate of drug-likeness (QED) is 0.565. The molecule has 0 bridgehead atoms. The van der Waals surface area contributed by atoms with Gasteiger partial charge < -0.3 is 10.0 Å². The van der Waals surface area contributed by atoms with Crippen LogP contribution in [0.25, 0.3) is 0 Å². The van der Waals surface area contributed by atoms with Crippen LogP contribution in [0, 0.1) is 0 Å². The molecule has 0 aromatic heterocycles. The molecule has 0 heterocycles. The molecule has 5 heteroatoms. The third-order valence-electron chi connectivity index (χ3n) is 1.18. The van der Waals surface area contributed by atoms with Gasteiger partial charge in [0.15, 0.2) is 0 Å². The van der Waals surface area contributed by atoms with Gasteiger partial charge in [-0.2, -0.15) is 0 Å². The Morgan fingerprint density at radius 3 is 2.09 bits per heavy atom. The Balaban J connectivity index is 0.000001000. The van der Waals surface area contributed by atoms with Gasteiger partial charge in [0.2, 0.25) is 0 Å². The van der Waals surface area contributed by atoms with E-state index in [0.29, 0.717) is 10.5 Å². The van der Waals surface area contributed by atoms with E-state index in [1.807, 2.05) is 0 Å². The van der Waals surface area contributed by atoms with Crippen LogP contribution < -0.4 is 5.46 Å². The SMILES string of the molecule is OB(O)c1ccccc1Cl.[NaH]. The van der Waals surface area contributed by atoms with Crippen molar-refractivity contribution in [1.29, 1.82) is 0 Å². The van der Waals surface area contributed by atoms with E-state index in [1.165, 1.54) is 0 Å². The van der Waals surface area contributed by atoms with Crippen LogP contribution in [-0.2, 0) is 0 Å². The number of halogens is 1. The van der Waals surface area contributed by atoms with Gasteiger partial charge in [-0.1, -0.05) is 29.8 Å². The zero-order chi connectivity index (χ0) is 7.56. The Morgan fingerprint density at radius 1 is 1.18 bits per heavy atom. The monoisotopic (exact) mass is 180 g/mol. The van der Waals surface area contributed by atoms with Gasteiger partial charge in [0.1, 0.15) is 0 Å². The summed E-state index contributed by atoms with van der Waals surface area (Å²) in [6, 6.07) is 6.60. The summed E-state index contributed by atoms with van der Waals surface area (Å²) >= 11 is 5.60. The molecule has 1 aromatic carbocycles. The zero-order valence-corrected chi connectivity index (χ0v) is 5.92. The van der Waals surface area contributed by atoms with E-state index < -0.39 is 7.12 Å². The second-order valence-electron chi connectivity index (χ2n) is 1.90. The molecule has 0 saturated carbocycles. The molecule has 1 rings (SSSR count). The minimum absolute atomic E-state index is 0. The van der Waals surface area contributed by atoms with Crippen LogP contribution in [0.15, 0.2) is 24.3 Å². The van der Waals surface area contributed by atoms with Crippen molar-refractivity contribution in [2.24, 2.45) is 0 Å². The van der Waals surface area contributed by atoms with Gasteiger partial charge >= 0.3 is 36.7 Å². The van der Waals surface area contributed by atoms with Crippen LogP contribution in [0.1, 0.15) is 0 Å². The Labute approximate surface area is 92.6 Å². The summed E-state index contributed by atoms with van der Waals surface area (Å²) in [5.41, 5.74) is 0.337. The summed E-state index contributed by atoms with van der Waals surface area (Å²) in [5.74, 6) is 0. The molecule has 0 aliphatic rings. The molecule has 1 aromatic rings. The van der Waals surface area contributed by atoms with Crippen molar-refractivity contribution >= 4 is 53.7 Å². The molecular weight excluding hydrogens is 173 g/mol. The first kappa shape index (κ1) is 11.5. The number of hydrogen-bond acceptors (Lipinski definition) is 2. The fourth-order valence-corrected chi connectivity index (χ4v) is 0.918. The van der Waals surface area contributed by atoms with Gasteiger partial charge in [-0.3, -0.25) is 0 Å². The van der Waals surface area contributed by atoms with Crippen LogP contribution in [0.4, 0.5) is 0 Å². The summed E-state index contributed by atoms with van der Waals surface area (Å²) in [6.07, 6.45) is 0. The van der Waals surface area contributed by atoms with E-state index >= 15 is 0 Å². The number of rotatable bonds is 1. The Hall–Kier alpha value is 0.495. The summed E-state index contributed by atoms with van der Waals surface area (Å²) in [7, 11) is -1.48. The third kappa shape index (κ3) is 3.15. The van der Waals surface area contributed by atoms with Crippen molar-refractivity contribution in [3.8, 4) is 0 Å². The van der Waals surface area contributed by atoms with Crippen LogP contribution in [-0.4, -0.2) is 46.7 Å². The molecule has 2 N–H and O–H groups in total. The van der Waals surface area contributed by atoms with Gasteiger partial charge in [-0.05, 0) is 6.07 Å². The van der Waals surface area contributed by atoms with Gasteiger partial charge in [0.25, 0.3) is 0 Å². The summed E-state index contributed by atoms with van der Waals surface area (Å²) in [4.78, 5) is 0. The topological polar surface area (TPSA) is 40.5 Å². The van der Waals surface area contributed by atoms with Crippen molar-refractivity contribution in [3.05, 3.63) is 29.3 Å². The Kier molecular flexibility index (Phi) is 5.43. The predicted molar refractivity (Wildman–Crippen MR) is 48.4 cm³/mol. The molecular formula is C6H7BClNaO2. The van der Waals surface area contributed by atoms with Crippen LogP contribution in [0.5, 0.6) is 0 Å². The predicted octanol–water partition coefficient (Wildman–Crippen LogP) is -0.629. The second kappa shape index (κ2) is 5.20. The normalized spacial score (nSPS) is 8.64. The average Bonchev–Trinajstić information content (AvgIpc) is 1.88. The van der Waals surface area contributed by atoms with Gasteiger partial charge in [0, 0.05) is 10.5 Å². The number of benzene rings is 1. The molecule has 0 aliphatic heterocycles. The average molecular weight is 180 g/mol. The molecule has 0 fully saturated rings. The van der Waals surface area contributed by atoms with Gasteiger partial charge in [0.05, 0.1) is 0 Å². The molecule has 0 atom stereocenters. The van der Waals surface area contributed by atoms with E-state index in [1.54, 1.807) is 24.3 Å². The van der Waals surface area contributed by atoms with E-state index in [2.05, 4.69) is 0 Å². The first-order valence-electron chi connectivity index (χ1n) is 2.82. The molecule has 54 valence electrons. The third-order valence-corrected chi connectivity index (χ3v) is 1.53. The fraction of sp³-hybridized carbons (Fsp3) is 0. The second-order valence-corrected chi connectivity index (χ2v) is 2.30.